The summed E-state index contributed by atoms with van der Waals surface area (Å²) in [7, 11) is 1.54. The van der Waals surface area contributed by atoms with Gasteiger partial charge in [0, 0.05) is 72.2 Å². The third kappa shape index (κ3) is 7.68. The molecule has 0 unspecified atom stereocenters. The summed E-state index contributed by atoms with van der Waals surface area (Å²) in [5.41, 5.74) is 4.48. The SMILES string of the molecule is COc1ncc(-c2ccc(N(C(=O)NC(C)C)C3CCC(Cc4ncc(C(C)(C)C)c(-c5ccn(C(C)C)n5)n4)CC3)nc2)cn1. The number of carbonyl (C=O) groups is 1. The number of nitrogens with zero attached hydrogens (tertiary/aromatic N) is 8. The molecule has 46 heavy (non-hydrogen) atoms. The van der Waals surface area contributed by atoms with E-state index in [0.29, 0.717) is 17.7 Å². The van der Waals surface area contributed by atoms with Crippen molar-refractivity contribution in [3.05, 3.63) is 60.6 Å². The molecule has 0 atom stereocenters. The molecule has 0 saturated heterocycles. The Balaban J connectivity index is 1.31. The first-order valence-corrected chi connectivity index (χ1v) is 16.3. The number of aromatic nitrogens is 7. The summed E-state index contributed by atoms with van der Waals surface area (Å²) in [6.07, 6.45) is 13.7. The number of anilines is 1. The van der Waals surface area contributed by atoms with Crippen molar-refractivity contribution in [3.8, 4) is 28.5 Å². The van der Waals surface area contributed by atoms with Gasteiger partial charge in [0.15, 0.2) is 0 Å². The number of urea groups is 1. The van der Waals surface area contributed by atoms with Crippen molar-refractivity contribution in [2.75, 3.05) is 12.0 Å². The van der Waals surface area contributed by atoms with Crippen molar-refractivity contribution in [3.63, 3.8) is 0 Å². The van der Waals surface area contributed by atoms with Crippen molar-refractivity contribution in [1.29, 1.82) is 0 Å². The molecule has 5 rings (SSSR count). The molecule has 1 aliphatic rings. The van der Waals surface area contributed by atoms with Crippen molar-refractivity contribution < 1.29 is 9.53 Å². The Morgan fingerprint density at radius 1 is 0.957 bits per heavy atom. The van der Waals surface area contributed by atoms with Gasteiger partial charge in [-0.1, -0.05) is 20.8 Å². The lowest BCUT2D eigenvalue weighted by Crippen LogP contribution is -2.50. The molecule has 0 bridgehead atoms. The van der Waals surface area contributed by atoms with E-state index < -0.39 is 0 Å². The first kappa shape index (κ1) is 33.0. The van der Waals surface area contributed by atoms with Gasteiger partial charge in [-0.15, -0.1) is 0 Å². The van der Waals surface area contributed by atoms with Crippen molar-refractivity contribution in [2.45, 2.75) is 104 Å². The number of carbonyl (C=O) groups excluding carboxylic acids is 1. The van der Waals surface area contributed by atoms with E-state index in [1.807, 2.05) is 48.0 Å². The van der Waals surface area contributed by atoms with E-state index in [1.165, 1.54) is 7.11 Å². The Hall–Kier alpha value is -4.41. The lowest BCUT2D eigenvalue weighted by atomic mass is 9.83. The highest BCUT2D eigenvalue weighted by molar-refractivity contribution is 5.92. The second-order valence-electron chi connectivity index (χ2n) is 13.8. The van der Waals surface area contributed by atoms with Crippen LogP contribution >= 0.6 is 0 Å². The molecule has 0 spiro atoms. The summed E-state index contributed by atoms with van der Waals surface area (Å²) >= 11 is 0. The van der Waals surface area contributed by atoms with Crippen LogP contribution in [0.15, 0.2) is 49.2 Å². The van der Waals surface area contributed by atoms with Crippen LogP contribution in [0.4, 0.5) is 10.6 Å². The zero-order valence-corrected chi connectivity index (χ0v) is 28.4. The highest BCUT2D eigenvalue weighted by atomic mass is 16.5. The Kier molecular flexibility index (Phi) is 9.98. The molecule has 244 valence electrons. The molecule has 1 aliphatic carbocycles. The van der Waals surface area contributed by atoms with Gasteiger partial charge in [0.1, 0.15) is 17.3 Å². The molecule has 11 heteroatoms. The average molecular weight is 626 g/mol. The second-order valence-corrected chi connectivity index (χ2v) is 13.8. The van der Waals surface area contributed by atoms with Gasteiger partial charge in [0.25, 0.3) is 0 Å². The van der Waals surface area contributed by atoms with Crippen LogP contribution in [0.3, 0.4) is 0 Å². The molecule has 1 N–H and O–H groups in total. The van der Waals surface area contributed by atoms with Crippen LogP contribution in [0.2, 0.25) is 0 Å². The predicted octanol–water partition coefficient (Wildman–Crippen LogP) is 6.81. The molecule has 4 heterocycles. The Bertz CT molecular complexity index is 1600. The van der Waals surface area contributed by atoms with Crippen molar-refractivity contribution >= 4 is 11.8 Å². The van der Waals surface area contributed by atoms with Crippen LogP contribution in [-0.4, -0.2) is 59.9 Å². The van der Waals surface area contributed by atoms with Crippen LogP contribution in [-0.2, 0) is 11.8 Å². The van der Waals surface area contributed by atoms with Crippen LogP contribution in [0, 0.1) is 5.92 Å². The van der Waals surface area contributed by atoms with E-state index in [2.05, 4.69) is 56.0 Å². The van der Waals surface area contributed by atoms with Crippen LogP contribution in [0.1, 0.15) is 91.6 Å². The van der Waals surface area contributed by atoms with E-state index in [1.54, 1.807) is 18.6 Å². The van der Waals surface area contributed by atoms with Crippen molar-refractivity contribution in [2.24, 2.45) is 5.92 Å². The molecular weight excluding hydrogens is 578 g/mol. The van der Waals surface area contributed by atoms with Crippen LogP contribution < -0.4 is 15.0 Å². The van der Waals surface area contributed by atoms with E-state index in [-0.39, 0.29) is 29.6 Å². The number of nitrogens with one attached hydrogen (secondary N) is 1. The monoisotopic (exact) mass is 625 g/mol. The largest absolute Gasteiger partial charge is 0.467 e. The lowest BCUT2D eigenvalue weighted by molar-refractivity contribution is 0.235. The summed E-state index contributed by atoms with van der Waals surface area (Å²) in [4.78, 5) is 38.4. The van der Waals surface area contributed by atoms with Gasteiger partial charge in [-0.2, -0.15) is 5.10 Å². The molecular formula is C35H47N9O2. The van der Waals surface area contributed by atoms with Gasteiger partial charge in [-0.25, -0.2) is 29.7 Å². The van der Waals surface area contributed by atoms with Crippen molar-refractivity contribution in [1.82, 2.24) is 40.0 Å². The number of methoxy groups -OCH3 is 1. The average Bonchev–Trinajstić information content (AvgIpc) is 3.53. The van der Waals surface area contributed by atoms with Crippen LogP contribution in [0.25, 0.3) is 22.5 Å². The highest BCUT2D eigenvalue weighted by Crippen LogP contribution is 2.34. The van der Waals surface area contributed by atoms with Gasteiger partial charge in [0.2, 0.25) is 0 Å². The first-order valence-electron chi connectivity index (χ1n) is 16.3. The molecule has 0 aromatic carbocycles. The van der Waals surface area contributed by atoms with Crippen LogP contribution in [0.5, 0.6) is 6.01 Å². The molecule has 0 radical (unpaired) electrons. The summed E-state index contributed by atoms with van der Waals surface area (Å²) < 4.78 is 7.04. The smallest absolute Gasteiger partial charge is 0.323 e. The number of pyridine rings is 1. The third-order valence-corrected chi connectivity index (χ3v) is 8.45. The Labute approximate surface area is 272 Å². The minimum absolute atomic E-state index is 0.0106. The van der Waals surface area contributed by atoms with Gasteiger partial charge in [0.05, 0.1) is 12.8 Å². The fourth-order valence-corrected chi connectivity index (χ4v) is 5.92. The van der Waals surface area contributed by atoms with Gasteiger partial charge in [-0.05, 0) is 82.9 Å². The summed E-state index contributed by atoms with van der Waals surface area (Å²) in [6.45, 7) is 14.8. The quantitative estimate of drug-likeness (QED) is 0.215. The molecule has 0 aliphatic heterocycles. The minimum atomic E-state index is -0.127. The number of hydrogen-bond acceptors (Lipinski definition) is 8. The number of amides is 2. The number of hydrogen-bond donors (Lipinski definition) is 1. The summed E-state index contributed by atoms with van der Waals surface area (Å²) in [6, 6.07) is 6.42. The molecule has 1 saturated carbocycles. The third-order valence-electron chi connectivity index (χ3n) is 8.45. The Morgan fingerprint density at radius 3 is 2.22 bits per heavy atom. The number of rotatable bonds is 9. The Morgan fingerprint density at radius 2 is 1.65 bits per heavy atom. The maximum atomic E-state index is 13.5. The standard InChI is InChI=1S/C35H47N9O2/c1-22(2)40-34(45)44(31-14-11-25(18-37-31)26-19-38-33(46-8)39-20-26)27-12-9-24(10-13-27)17-30-36-21-28(35(5,6)7)32(41-30)29-15-16-43(42-29)23(3)4/h11,14-16,18-24,27H,9-10,12-13,17H2,1-8H3,(H,40,45). The fourth-order valence-electron chi connectivity index (χ4n) is 5.92. The minimum Gasteiger partial charge on any atom is -0.467 e. The molecule has 1 fully saturated rings. The maximum absolute atomic E-state index is 13.5. The normalized spacial score (nSPS) is 16.9. The highest BCUT2D eigenvalue weighted by Gasteiger charge is 2.32. The molecule has 2 amide bonds. The molecule has 4 aromatic rings. The van der Waals surface area contributed by atoms with E-state index in [4.69, 9.17) is 24.8 Å². The van der Waals surface area contributed by atoms with E-state index >= 15 is 0 Å². The number of ether oxygens (including phenoxy) is 1. The second kappa shape index (κ2) is 13.9. The molecule has 4 aromatic heterocycles. The topological polar surface area (TPSA) is 124 Å². The predicted molar refractivity (Wildman–Crippen MR) is 180 cm³/mol. The zero-order chi connectivity index (χ0) is 33.0. The first-order chi connectivity index (χ1) is 21.9. The summed E-state index contributed by atoms with van der Waals surface area (Å²) in [5.74, 6) is 1.91. The zero-order valence-electron chi connectivity index (χ0n) is 28.4. The van der Waals surface area contributed by atoms with Gasteiger partial charge >= 0.3 is 12.0 Å². The lowest BCUT2D eigenvalue weighted by Gasteiger charge is -2.36. The van der Waals surface area contributed by atoms with E-state index in [0.717, 1.165) is 66.0 Å². The summed E-state index contributed by atoms with van der Waals surface area (Å²) in [5, 5.41) is 7.91. The van der Waals surface area contributed by atoms with Gasteiger partial charge < -0.3 is 10.1 Å². The van der Waals surface area contributed by atoms with E-state index in [9.17, 15) is 4.79 Å². The molecule has 11 nitrogen and oxygen atoms in total. The fraction of sp³-hybridized carbons (Fsp3) is 0.514. The van der Waals surface area contributed by atoms with Gasteiger partial charge in [-0.3, -0.25) is 9.58 Å². The maximum Gasteiger partial charge on any atom is 0.323 e.